The van der Waals surface area contributed by atoms with E-state index in [1.54, 1.807) is 18.2 Å². The van der Waals surface area contributed by atoms with Crippen LogP contribution in [0.2, 0.25) is 0 Å². The predicted octanol–water partition coefficient (Wildman–Crippen LogP) is 9.02. The molecule has 260 valence electrons. The van der Waals surface area contributed by atoms with Gasteiger partial charge in [-0.05, 0) is 115 Å². The van der Waals surface area contributed by atoms with Gasteiger partial charge in [0.2, 0.25) is 5.83 Å². The Hall–Kier alpha value is -5.12. The summed E-state index contributed by atoms with van der Waals surface area (Å²) in [6.07, 6.45) is 5.44. The van der Waals surface area contributed by atoms with E-state index in [9.17, 15) is 18.8 Å². The number of carbonyl (C=O) groups excluding carboxylic acids is 3. The molecule has 0 N–H and O–H groups in total. The summed E-state index contributed by atoms with van der Waals surface area (Å²) in [5.74, 6) is -0.483. The number of halogens is 1. The molecule has 0 saturated heterocycles. The van der Waals surface area contributed by atoms with E-state index in [2.05, 4.69) is 37.0 Å². The van der Waals surface area contributed by atoms with E-state index in [0.717, 1.165) is 59.1 Å². The number of hydrogen-bond acceptors (Lipinski definition) is 9. The first-order chi connectivity index (χ1) is 23.7. The molecule has 49 heavy (non-hydrogen) atoms. The summed E-state index contributed by atoms with van der Waals surface area (Å²) >= 11 is 0. The van der Waals surface area contributed by atoms with Crippen molar-refractivity contribution in [2.75, 3.05) is 26.4 Å². The van der Waals surface area contributed by atoms with Crippen LogP contribution in [-0.4, -0.2) is 44.5 Å². The summed E-state index contributed by atoms with van der Waals surface area (Å²) in [5.41, 5.74) is 5.78. The molecule has 0 fully saturated rings. The van der Waals surface area contributed by atoms with Crippen molar-refractivity contribution in [3.8, 4) is 28.4 Å². The maximum absolute atomic E-state index is 13.1. The third-order valence-corrected chi connectivity index (χ3v) is 8.11. The first-order valence-corrected chi connectivity index (χ1v) is 16.6. The van der Waals surface area contributed by atoms with Gasteiger partial charge in [-0.3, -0.25) is 0 Å². The standard InChI is InChI=1S/C39H43FO9/c1-5-28-23-29(13-18-36(28)46-20-11-12-22-48-39(43)44-6-2)38(42)49-31-15-17-33-32-16-14-30(24-34(32)26(3)35(33)25-31)45-19-9-7-8-10-21-47-37(41)27(4)40/h6,13-18,23-26H,2,4-5,7-12,19-22H2,1,3H3. The zero-order valence-corrected chi connectivity index (χ0v) is 28.1. The van der Waals surface area contributed by atoms with Gasteiger partial charge in [0.1, 0.15) is 17.2 Å². The number of aryl methyl sites for hydroxylation is 1. The third kappa shape index (κ3) is 10.4. The highest BCUT2D eigenvalue weighted by Crippen LogP contribution is 2.47. The fraction of sp³-hybridized carbons (Fsp3) is 0.359. The second-order valence-corrected chi connectivity index (χ2v) is 11.5. The number of ether oxygens (including phenoxy) is 6. The molecule has 0 bridgehead atoms. The summed E-state index contributed by atoms with van der Waals surface area (Å²) in [5, 5.41) is 0. The molecule has 0 aromatic heterocycles. The predicted molar refractivity (Wildman–Crippen MR) is 183 cm³/mol. The van der Waals surface area contributed by atoms with Crippen molar-refractivity contribution in [1.29, 1.82) is 0 Å². The van der Waals surface area contributed by atoms with Crippen LogP contribution in [0.4, 0.5) is 9.18 Å². The van der Waals surface area contributed by atoms with Crippen LogP contribution in [0.1, 0.15) is 85.3 Å². The fourth-order valence-electron chi connectivity index (χ4n) is 5.53. The highest BCUT2D eigenvalue weighted by atomic mass is 19.1. The van der Waals surface area contributed by atoms with Gasteiger partial charge in [-0.15, -0.1) is 0 Å². The number of fused-ring (bicyclic) bond motifs is 3. The van der Waals surface area contributed by atoms with Crippen LogP contribution in [0.25, 0.3) is 11.1 Å². The number of hydrogen-bond donors (Lipinski definition) is 0. The summed E-state index contributed by atoms with van der Waals surface area (Å²) < 4.78 is 44.5. The summed E-state index contributed by atoms with van der Waals surface area (Å²) in [6, 6.07) is 17.1. The number of esters is 2. The Labute approximate surface area is 286 Å². The second kappa shape index (κ2) is 18.4. The molecule has 4 rings (SSSR count). The van der Waals surface area contributed by atoms with Crippen LogP contribution in [0, 0.1) is 0 Å². The lowest BCUT2D eigenvalue weighted by Crippen LogP contribution is -2.10. The molecule has 0 saturated carbocycles. The highest BCUT2D eigenvalue weighted by molar-refractivity contribution is 5.92. The van der Waals surface area contributed by atoms with Crippen molar-refractivity contribution >= 4 is 18.1 Å². The zero-order chi connectivity index (χ0) is 35.2. The summed E-state index contributed by atoms with van der Waals surface area (Å²) in [7, 11) is 0. The summed E-state index contributed by atoms with van der Waals surface area (Å²) in [4.78, 5) is 35.4. The molecule has 0 heterocycles. The number of rotatable bonds is 19. The molecule has 3 aromatic rings. The molecule has 10 heteroatoms. The van der Waals surface area contributed by atoms with Gasteiger partial charge in [-0.1, -0.05) is 39.1 Å². The molecule has 1 atom stereocenters. The quantitative estimate of drug-likeness (QED) is 0.0405. The minimum absolute atomic E-state index is 0.0889. The van der Waals surface area contributed by atoms with E-state index in [1.807, 2.05) is 31.2 Å². The van der Waals surface area contributed by atoms with E-state index < -0.39 is 23.9 Å². The second-order valence-electron chi connectivity index (χ2n) is 11.5. The van der Waals surface area contributed by atoms with E-state index in [-0.39, 0.29) is 19.1 Å². The smallest absolute Gasteiger partial charge is 0.494 e. The zero-order valence-electron chi connectivity index (χ0n) is 28.1. The van der Waals surface area contributed by atoms with Crippen molar-refractivity contribution in [2.24, 2.45) is 0 Å². The average Bonchev–Trinajstić information content (AvgIpc) is 3.37. The Morgan fingerprint density at radius 2 is 1.39 bits per heavy atom. The van der Waals surface area contributed by atoms with Gasteiger partial charge >= 0.3 is 18.1 Å². The Bertz CT molecular complexity index is 1650. The lowest BCUT2D eigenvalue weighted by atomic mass is 9.99. The van der Waals surface area contributed by atoms with Crippen molar-refractivity contribution in [3.63, 3.8) is 0 Å². The number of unbranched alkanes of at least 4 members (excludes halogenated alkanes) is 4. The largest absolute Gasteiger partial charge is 0.513 e. The van der Waals surface area contributed by atoms with Gasteiger partial charge in [-0.2, -0.15) is 4.39 Å². The first-order valence-electron chi connectivity index (χ1n) is 16.6. The van der Waals surface area contributed by atoms with Gasteiger partial charge in [0, 0.05) is 5.92 Å². The average molecular weight is 675 g/mol. The Kier molecular flexibility index (Phi) is 13.8. The normalized spacial score (nSPS) is 12.7. The molecule has 1 unspecified atom stereocenters. The van der Waals surface area contributed by atoms with E-state index in [4.69, 9.17) is 23.7 Å². The van der Waals surface area contributed by atoms with Gasteiger partial charge in [0.25, 0.3) is 0 Å². The van der Waals surface area contributed by atoms with E-state index in [1.165, 1.54) is 0 Å². The van der Waals surface area contributed by atoms with Gasteiger partial charge < -0.3 is 28.4 Å². The van der Waals surface area contributed by atoms with Gasteiger partial charge in [-0.25, -0.2) is 14.4 Å². The molecule has 1 aliphatic rings. The van der Waals surface area contributed by atoms with Crippen molar-refractivity contribution < 1.29 is 47.2 Å². The van der Waals surface area contributed by atoms with Crippen LogP contribution < -0.4 is 14.2 Å². The minimum Gasteiger partial charge on any atom is -0.494 e. The maximum Gasteiger partial charge on any atom is 0.513 e. The van der Waals surface area contributed by atoms with Crippen molar-refractivity contribution in [2.45, 2.75) is 64.7 Å². The lowest BCUT2D eigenvalue weighted by Gasteiger charge is -2.13. The Morgan fingerprint density at radius 1 is 0.776 bits per heavy atom. The number of carbonyl (C=O) groups is 3. The SMILES string of the molecule is C=COC(=O)OCCCCOc1ccc(C(=O)Oc2ccc3c(c2)C(C)c2cc(OCCCCCCOC(=O)C(=C)F)ccc2-3)cc1CC. The first kappa shape index (κ1) is 36.7. The molecular formula is C39H43FO9. The van der Waals surface area contributed by atoms with Crippen molar-refractivity contribution in [3.05, 3.63) is 102 Å². The van der Waals surface area contributed by atoms with Crippen LogP contribution in [0.15, 0.2) is 79.8 Å². The third-order valence-electron chi connectivity index (χ3n) is 8.11. The molecule has 0 radical (unpaired) electrons. The van der Waals surface area contributed by atoms with Gasteiger partial charge in [0.15, 0.2) is 0 Å². The molecule has 0 amide bonds. The molecular weight excluding hydrogens is 631 g/mol. The molecule has 1 aliphatic carbocycles. The van der Waals surface area contributed by atoms with Crippen LogP contribution in [0.5, 0.6) is 17.2 Å². The summed E-state index contributed by atoms with van der Waals surface area (Å²) in [6.45, 7) is 11.7. The molecule has 3 aromatic carbocycles. The van der Waals surface area contributed by atoms with Crippen molar-refractivity contribution in [1.82, 2.24) is 0 Å². The monoisotopic (exact) mass is 674 g/mol. The topological polar surface area (TPSA) is 107 Å². The van der Waals surface area contributed by atoms with Crippen LogP contribution in [-0.2, 0) is 25.4 Å². The van der Waals surface area contributed by atoms with E-state index in [0.29, 0.717) is 56.0 Å². The molecule has 9 nitrogen and oxygen atoms in total. The van der Waals surface area contributed by atoms with Crippen LogP contribution in [0.3, 0.4) is 0 Å². The van der Waals surface area contributed by atoms with E-state index >= 15 is 0 Å². The van der Waals surface area contributed by atoms with Gasteiger partial charge in [0.05, 0.1) is 38.3 Å². The fourth-order valence-corrected chi connectivity index (χ4v) is 5.53. The molecule has 0 aliphatic heterocycles. The Balaban J connectivity index is 1.25. The molecule has 0 spiro atoms. The highest BCUT2D eigenvalue weighted by Gasteiger charge is 2.27. The Morgan fingerprint density at radius 3 is 2.08 bits per heavy atom. The maximum atomic E-state index is 13.1. The number of benzene rings is 3. The lowest BCUT2D eigenvalue weighted by molar-refractivity contribution is -0.140. The van der Waals surface area contributed by atoms with Crippen LogP contribution >= 0.6 is 0 Å². The minimum atomic E-state index is -1.08.